The Morgan fingerprint density at radius 1 is 1.27 bits per heavy atom. The van der Waals surface area contributed by atoms with Crippen LogP contribution < -0.4 is 0 Å². The van der Waals surface area contributed by atoms with Crippen LogP contribution in [0.4, 0.5) is 0 Å². The molecule has 0 radical (unpaired) electrons. The van der Waals surface area contributed by atoms with Gasteiger partial charge in [-0.2, -0.15) is 0 Å². The number of carbonyl (C=O) groups excluding carboxylic acids is 1. The minimum absolute atomic E-state index is 0.0105. The number of carbonyl (C=O) groups is 1. The van der Waals surface area contributed by atoms with Crippen molar-refractivity contribution in [3.8, 4) is 0 Å². The quantitative estimate of drug-likeness (QED) is 0.578. The Kier molecular flexibility index (Phi) is 5.01. The van der Waals surface area contributed by atoms with Gasteiger partial charge in [0.2, 0.25) is 0 Å². The minimum Gasteiger partial charge on any atom is -0.509 e. The number of allylic oxidation sites excluding steroid dienone is 1. The second-order valence-electron chi connectivity index (χ2n) is 5.00. The Hall–Kier alpha value is -0.830. The fourth-order valence-electron chi connectivity index (χ4n) is 1.02. The van der Waals surface area contributed by atoms with Crippen molar-refractivity contribution in [2.75, 3.05) is 0 Å². The van der Waals surface area contributed by atoms with Crippen LogP contribution in [0.1, 0.15) is 41.5 Å². The van der Waals surface area contributed by atoms with Crippen LogP contribution in [0.25, 0.3) is 0 Å². The highest BCUT2D eigenvalue weighted by Gasteiger charge is 2.19. The highest BCUT2D eigenvalue weighted by Crippen LogP contribution is 2.15. The van der Waals surface area contributed by atoms with Crippen molar-refractivity contribution < 1.29 is 14.6 Å². The largest absolute Gasteiger partial charge is 0.509 e. The molecule has 0 amide bonds. The van der Waals surface area contributed by atoms with Gasteiger partial charge in [0.1, 0.15) is 11.9 Å². The molecule has 0 saturated carbocycles. The summed E-state index contributed by atoms with van der Waals surface area (Å²) in [5.74, 6) is -0.200. The molecule has 0 aliphatic carbocycles. The predicted molar refractivity (Wildman–Crippen MR) is 60.9 cm³/mol. The molecular weight excluding hydrogens is 192 g/mol. The van der Waals surface area contributed by atoms with Crippen LogP contribution in [-0.2, 0) is 9.53 Å². The Balaban J connectivity index is 4.44. The molecule has 1 N–H and O–H groups in total. The third-order valence-electron chi connectivity index (χ3n) is 1.81. The topological polar surface area (TPSA) is 46.5 Å². The van der Waals surface area contributed by atoms with E-state index in [1.54, 1.807) is 20.8 Å². The lowest BCUT2D eigenvalue weighted by atomic mass is 10.1. The standard InChI is InChI=1S/C12H22O3/c1-8(2)10(13)7-11(14)9(3)15-12(4,5)6/h7-9,14H,1-6H3/b11-7-. The third kappa shape index (κ3) is 6.28. The summed E-state index contributed by atoms with van der Waals surface area (Å²) in [6.07, 6.45) is 0.800. The van der Waals surface area contributed by atoms with Crippen LogP contribution >= 0.6 is 0 Å². The average Bonchev–Trinajstić information content (AvgIpc) is 2.00. The van der Waals surface area contributed by atoms with Gasteiger partial charge in [0, 0.05) is 12.0 Å². The summed E-state index contributed by atoms with van der Waals surface area (Å²) >= 11 is 0. The molecule has 0 saturated heterocycles. The molecular formula is C12H22O3. The maximum Gasteiger partial charge on any atom is 0.161 e. The van der Waals surface area contributed by atoms with Gasteiger partial charge in [-0.3, -0.25) is 4.79 Å². The summed E-state index contributed by atoms with van der Waals surface area (Å²) in [4.78, 5) is 11.3. The van der Waals surface area contributed by atoms with E-state index >= 15 is 0 Å². The van der Waals surface area contributed by atoms with Crippen molar-refractivity contribution >= 4 is 5.78 Å². The molecule has 0 aromatic carbocycles. The molecule has 0 spiro atoms. The van der Waals surface area contributed by atoms with Crippen molar-refractivity contribution in [3.05, 3.63) is 11.8 Å². The Morgan fingerprint density at radius 3 is 2.07 bits per heavy atom. The second-order valence-corrected chi connectivity index (χ2v) is 5.00. The Labute approximate surface area is 92.1 Å². The fourth-order valence-corrected chi connectivity index (χ4v) is 1.02. The van der Waals surface area contributed by atoms with Crippen LogP contribution in [0.2, 0.25) is 0 Å². The van der Waals surface area contributed by atoms with Gasteiger partial charge in [-0.05, 0) is 27.7 Å². The number of rotatable bonds is 4. The summed E-state index contributed by atoms with van der Waals surface area (Å²) < 4.78 is 5.51. The fraction of sp³-hybridized carbons (Fsp3) is 0.750. The van der Waals surface area contributed by atoms with Gasteiger partial charge in [0.25, 0.3) is 0 Å². The van der Waals surface area contributed by atoms with Gasteiger partial charge >= 0.3 is 0 Å². The molecule has 0 aromatic heterocycles. The van der Waals surface area contributed by atoms with E-state index in [1.807, 2.05) is 20.8 Å². The first-order valence-electron chi connectivity index (χ1n) is 5.25. The van der Waals surface area contributed by atoms with Gasteiger partial charge in [0.15, 0.2) is 5.78 Å². The normalized spacial score (nSPS) is 15.5. The SMILES string of the molecule is CC(C)C(=O)/C=C(\O)C(C)OC(C)(C)C. The summed E-state index contributed by atoms with van der Waals surface area (Å²) in [6.45, 7) is 11.0. The van der Waals surface area contributed by atoms with Crippen molar-refractivity contribution in [1.82, 2.24) is 0 Å². The molecule has 0 aliphatic rings. The van der Waals surface area contributed by atoms with E-state index in [2.05, 4.69) is 0 Å². The van der Waals surface area contributed by atoms with E-state index in [4.69, 9.17) is 4.74 Å². The van der Waals surface area contributed by atoms with Crippen LogP contribution in [0.3, 0.4) is 0 Å². The predicted octanol–water partition coefficient (Wildman–Crippen LogP) is 2.86. The average molecular weight is 214 g/mol. The number of hydrogen-bond acceptors (Lipinski definition) is 3. The molecule has 0 bridgehead atoms. The molecule has 88 valence electrons. The first-order chi connectivity index (χ1) is 6.63. The highest BCUT2D eigenvalue weighted by molar-refractivity contribution is 5.91. The van der Waals surface area contributed by atoms with Gasteiger partial charge in [-0.1, -0.05) is 13.8 Å². The maximum atomic E-state index is 11.3. The molecule has 15 heavy (non-hydrogen) atoms. The number of ketones is 1. The smallest absolute Gasteiger partial charge is 0.161 e. The van der Waals surface area contributed by atoms with E-state index in [1.165, 1.54) is 6.08 Å². The highest BCUT2D eigenvalue weighted by atomic mass is 16.5. The zero-order chi connectivity index (χ0) is 12.2. The Morgan fingerprint density at radius 2 is 1.73 bits per heavy atom. The zero-order valence-corrected chi connectivity index (χ0v) is 10.5. The summed E-state index contributed by atoms with van der Waals surface area (Å²) in [5, 5.41) is 9.62. The Bertz CT molecular complexity index is 246. The van der Waals surface area contributed by atoms with Gasteiger partial charge < -0.3 is 9.84 Å². The second kappa shape index (κ2) is 5.31. The lowest BCUT2D eigenvalue weighted by molar-refractivity contribution is -0.117. The summed E-state index contributed by atoms with van der Waals surface area (Å²) in [7, 11) is 0. The summed E-state index contributed by atoms with van der Waals surface area (Å²) in [5.41, 5.74) is -0.331. The van der Waals surface area contributed by atoms with Crippen LogP contribution in [0.5, 0.6) is 0 Å². The lowest BCUT2D eigenvalue weighted by Gasteiger charge is -2.24. The zero-order valence-electron chi connectivity index (χ0n) is 10.5. The minimum atomic E-state index is -0.451. The molecule has 3 heteroatoms. The van der Waals surface area contributed by atoms with E-state index in [0.29, 0.717) is 0 Å². The van der Waals surface area contributed by atoms with Gasteiger partial charge in [-0.25, -0.2) is 0 Å². The molecule has 1 atom stereocenters. The third-order valence-corrected chi connectivity index (χ3v) is 1.81. The van der Waals surface area contributed by atoms with Crippen molar-refractivity contribution in [1.29, 1.82) is 0 Å². The molecule has 1 unspecified atom stereocenters. The monoisotopic (exact) mass is 214 g/mol. The van der Waals surface area contributed by atoms with E-state index in [-0.39, 0.29) is 23.1 Å². The molecule has 3 nitrogen and oxygen atoms in total. The number of hydrogen-bond donors (Lipinski definition) is 1. The molecule has 0 rings (SSSR count). The molecule has 0 fully saturated rings. The first kappa shape index (κ1) is 14.2. The van der Waals surface area contributed by atoms with Gasteiger partial charge in [0.05, 0.1) is 5.60 Å². The van der Waals surface area contributed by atoms with Crippen LogP contribution in [0, 0.1) is 5.92 Å². The molecule has 0 aliphatic heterocycles. The van der Waals surface area contributed by atoms with Crippen LogP contribution in [0.15, 0.2) is 11.8 Å². The van der Waals surface area contributed by atoms with Crippen molar-refractivity contribution in [2.45, 2.75) is 53.2 Å². The van der Waals surface area contributed by atoms with E-state index in [9.17, 15) is 9.90 Å². The maximum absolute atomic E-state index is 11.3. The van der Waals surface area contributed by atoms with Crippen LogP contribution in [-0.4, -0.2) is 22.6 Å². The van der Waals surface area contributed by atoms with Crippen molar-refractivity contribution in [3.63, 3.8) is 0 Å². The van der Waals surface area contributed by atoms with Crippen molar-refractivity contribution in [2.24, 2.45) is 5.92 Å². The number of aliphatic hydroxyl groups excluding tert-OH is 1. The lowest BCUT2D eigenvalue weighted by Crippen LogP contribution is -2.27. The van der Waals surface area contributed by atoms with Gasteiger partial charge in [-0.15, -0.1) is 0 Å². The van der Waals surface area contributed by atoms with E-state index in [0.717, 1.165) is 0 Å². The summed E-state index contributed by atoms with van der Waals surface area (Å²) in [6, 6.07) is 0. The number of ether oxygens (including phenoxy) is 1. The molecule has 0 heterocycles. The molecule has 0 aromatic rings. The first-order valence-corrected chi connectivity index (χ1v) is 5.25. The number of aliphatic hydroxyl groups is 1. The van der Waals surface area contributed by atoms with E-state index < -0.39 is 6.10 Å².